The maximum Gasteiger partial charge on any atom is 0.331 e. The lowest BCUT2D eigenvalue weighted by Gasteiger charge is -2.23. The summed E-state index contributed by atoms with van der Waals surface area (Å²) in [7, 11) is 0. The van der Waals surface area contributed by atoms with Crippen LogP contribution < -0.4 is 5.32 Å². The number of nitrogens with zero attached hydrogens (tertiary/aromatic N) is 2. The average Bonchev–Trinajstić information content (AvgIpc) is 2.69. The van der Waals surface area contributed by atoms with Crippen LogP contribution >= 0.6 is 0 Å². The Morgan fingerprint density at radius 2 is 2.27 bits per heavy atom. The number of carbonyl (C=O) groups is 1. The zero-order valence-corrected chi connectivity index (χ0v) is 8.01. The molecule has 2 rings (SSSR count). The molecule has 1 fully saturated rings. The normalized spacial score (nSPS) is 25.1. The zero-order valence-electron chi connectivity index (χ0n) is 8.01. The van der Waals surface area contributed by atoms with E-state index in [2.05, 4.69) is 15.3 Å². The first-order chi connectivity index (χ1) is 7.23. The van der Waals surface area contributed by atoms with Crippen LogP contribution in [0.1, 0.15) is 6.42 Å². The number of carboxylic acids is 1. The van der Waals surface area contributed by atoms with E-state index in [1.807, 2.05) is 0 Å². The second-order valence-electron chi connectivity index (χ2n) is 3.39. The fourth-order valence-corrected chi connectivity index (χ4v) is 1.46. The molecule has 1 saturated heterocycles. The van der Waals surface area contributed by atoms with Crippen molar-refractivity contribution in [3.8, 4) is 0 Å². The van der Waals surface area contributed by atoms with Gasteiger partial charge in [-0.05, 0) is 6.07 Å². The van der Waals surface area contributed by atoms with Gasteiger partial charge in [0.25, 0.3) is 0 Å². The van der Waals surface area contributed by atoms with E-state index in [1.54, 1.807) is 18.5 Å². The summed E-state index contributed by atoms with van der Waals surface area (Å²) in [6, 6.07) is 1.67. The van der Waals surface area contributed by atoms with Gasteiger partial charge in [0, 0.05) is 25.4 Å². The standard InChI is InChI=1S/C9H11N3O3/c13-7(14)9(2-5-15-6-9)12-8-10-3-1-4-11-8/h1,3-4H,2,5-6H2,(H,13,14)(H,10,11,12). The molecule has 0 spiro atoms. The largest absolute Gasteiger partial charge is 0.479 e. The van der Waals surface area contributed by atoms with Gasteiger partial charge in [-0.1, -0.05) is 0 Å². The Morgan fingerprint density at radius 1 is 1.53 bits per heavy atom. The molecule has 1 aromatic rings. The van der Waals surface area contributed by atoms with Crippen LogP contribution in [0.5, 0.6) is 0 Å². The Kier molecular flexibility index (Phi) is 2.51. The van der Waals surface area contributed by atoms with E-state index in [0.717, 1.165) is 0 Å². The van der Waals surface area contributed by atoms with Gasteiger partial charge < -0.3 is 15.2 Å². The molecule has 1 aromatic heterocycles. The summed E-state index contributed by atoms with van der Waals surface area (Å²) in [5.74, 6) is -0.627. The highest BCUT2D eigenvalue weighted by atomic mass is 16.5. The van der Waals surface area contributed by atoms with Crippen LogP contribution in [0.2, 0.25) is 0 Å². The minimum absolute atomic E-state index is 0.139. The second-order valence-corrected chi connectivity index (χ2v) is 3.39. The third kappa shape index (κ3) is 1.89. The molecule has 0 aromatic carbocycles. The van der Waals surface area contributed by atoms with Gasteiger partial charge in [0.05, 0.1) is 6.61 Å². The average molecular weight is 209 g/mol. The van der Waals surface area contributed by atoms with Crippen LogP contribution in [-0.4, -0.2) is 39.8 Å². The summed E-state index contributed by atoms with van der Waals surface area (Å²) in [4.78, 5) is 19.0. The Labute approximate surface area is 86.3 Å². The van der Waals surface area contributed by atoms with Gasteiger partial charge in [0.15, 0.2) is 5.54 Å². The number of nitrogens with one attached hydrogen (secondary N) is 1. The van der Waals surface area contributed by atoms with E-state index in [-0.39, 0.29) is 6.61 Å². The second kappa shape index (κ2) is 3.82. The van der Waals surface area contributed by atoms with Gasteiger partial charge >= 0.3 is 5.97 Å². The number of anilines is 1. The minimum atomic E-state index is -1.08. The molecule has 0 bridgehead atoms. The topological polar surface area (TPSA) is 84.3 Å². The van der Waals surface area contributed by atoms with Crippen LogP contribution in [0.15, 0.2) is 18.5 Å². The third-order valence-corrected chi connectivity index (χ3v) is 2.35. The maximum atomic E-state index is 11.1. The van der Waals surface area contributed by atoms with E-state index in [9.17, 15) is 4.79 Å². The smallest absolute Gasteiger partial charge is 0.331 e. The van der Waals surface area contributed by atoms with Gasteiger partial charge in [-0.2, -0.15) is 0 Å². The molecule has 80 valence electrons. The Bertz CT molecular complexity index is 349. The highest BCUT2D eigenvalue weighted by Crippen LogP contribution is 2.22. The van der Waals surface area contributed by atoms with Crippen molar-refractivity contribution >= 4 is 11.9 Å². The minimum Gasteiger partial charge on any atom is -0.479 e. The van der Waals surface area contributed by atoms with Gasteiger partial charge in [0.1, 0.15) is 0 Å². The van der Waals surface area contributed by atoms with Crippen LogP contribution in [0.3, 0.4) is 0 Å². The molecule has 0 aliphatic carbocycles. The number of carboxylic acid groups (broad SMARTS) is 1. The molecule has 2 heterocycles. The van der Waals surface area contributed by atoms with Crippen molar-refractivity contribution in [3.05, 3.63) is 18.5 Å². The number of aromatic nitrogens is 2. The van der Waals surface area contributed by atoms with Gasteiger partial charge in [-0.3, -0.25) is 0 Å². The van der Waals surface area contributed by atoms with Crippen LogP contribution in [0, 0.1) is 0 Å². The summed E-state index contributed by atoms with van der Waals surface area (Å²) < 4.78 is 5.10. The molecule has 1 atom stereocenters. The van der Waals surface area contributed by atoms with Crippen molar-refractivity contribution in [2.24, 2.45) is 0 Å². The van der Waals surface area contributed by atoms with Crippen molar-refractivity contribution in [3.63, 3.8) is 0 Å². The summed E-state index contributed by atoms with van der Waals surface area (Å²) in [6.45, 7) is 0.576. The monoisotopic (exact) mass is 209 g/mol. The van der Waals surface area contributed by atoms with Crippen LogP contribution in [-0.2, 0) is 9.53 Å². The predicted octanol–water partition coefficient (Wildman–Crippen LogP) is 0.132. The number of rotatable bonds is 3. The van der Waals surface area contributed by atoms with E-state index < -0.39 is 11.5 Å². The molecule has 2 N–H and O–H groups in total. The fraction of sp³-hybridized carbons (Fsp3) is 0.444. The molecule has 0 saturated carbocycles. The number of hydrogen-bond donors (Lipinski definition) is 2. The first-order valence-electron chi connectivity index (χ1n) is 4.59. The van der Waals surface area contributed by atoms with E-state index in [1.165, 1.54) is 0 Å². The van der Waals surface area contributed by atoms with Crippen molar-refractivity contribution in [1.29, 1.82) is 0 Å². The molecular weight excluding hydrogens is 198 g/mol. The Balaban J connectivity index is 2.18. The third-order valence-electron chi connectivity index (χ3n) is 2.35. The lowest BCUT2D eigenvalue weighted by molar-refractivity contribution is -0.142. The van der Waals surface area contributed by atoms with Crippen molar-refractivity contribution < 1.29 is 14.6 Å². The first-order valence-corrected chi connectivity index (χ1v) is 4.59. The van der Waals surface area contributed by atoms with Crippen molar-refractivity contribution in [2.45, 2.75) is 12.0 Å². The molecule has 15 heavy (non-hydrogen) atoms. The van der Waals surface area contributed by atoms with E-state index >= 15 is 0 Å². The van der Waals surface area contributed by atoms with E-state index in [0.29, 0.717) is 19.0 Å². The van der Waals surface area contributed by atoms with Gasteiger partial charge in [-0.15, -0.1) is 0 Å². The Hall–Kier alpha value is -1.69. The SMILES string of the molecule is O=C(O)C1(Nc2ncccn2)CCOC1. The lowest BCUT2D eigenvalue weighted by atomic mass is 9.99. The molecule has 1 aliphatic rings. The predicted molar refractivity (Wildman–Crippen MR) is 51.5 cm³/mol. The quantitative estimate of drug-likeness (QED) is 0.736. The van der Waals surface area contributed by atoms with Crippen LogP contribution in [0.25, 0.3) is 0 Å². The fourth-order valence-electron chi connectivity index (χ4n) is 1.46. The summed E-state index contributed by atoms with van der Waals surface area (Å²) in [5, 5.41) is 11.9. The summed E-state index contributed by atoms with van der Waals surface area (Å²) >= 11 is 0. The molecule has 6 nitrogen and oxygen atoms in total. The number of ether oxygens (including phenoxy) is 1. The molecule has 6 heteroatoms. The Morgan fingerprint density at radius 3 is 2.80 bits per heavy atom. The molecular formula is C9H11N3O3. The molecule has 0 amide bonds. The van der Waals surface area contributed by atoms with Crippen LogP contribution in [0.4, 0.5) is 5.95 Å². The number of hydrogen-bond acceptors (Lipinski definition) is 5. The van der Waals surface area contributed by atoms with Crippen molar-refractivity contribution in [1.82, 2.24) is 9.97 Å². The summed E-state index contributed by atoms with van der Waals surface area (Å²) in [5.41, 5.74) is -1.08. The van der Waals surface area contributed by atoms with Gasteiger partial charge in [-0.25, -0.2) is 14.8 Å². The molecule has 1 unspecified atom stereocenters. The highest BCUT2D eigenvalue weighted by molar-refractivity contribution is 5.82. The maximum absolute atomic E-state index is 11.1. The molecule has 1 aliphatic heterocycles. The van der Waals surface area contributed by atoms with Gasteiger partial charge in [0.2, 0.25) is 5.95 Å². The highest BCUT2D eigenvalue weighted by Gasteiger charge is 2.43. The summed E-state index contributed by atoms with van der Waals surface area (Å²) in [6.07, 6.45) is 3.53. The first kappa shape index (κ1) is 9.85. The zero-order chi connectivity index (χ0) is 10.7. The molecule has 0 radical (unpaired) electrons. The van der Waals surface area contributed by atoms with Crippen molar-refractivity contribution in [2.75, 3.05) is 18.5 Å². The lowest BCUT2D eigenvalue weighted by Crippen LogP contribution is -2.47. The number of aliphatic carboxylic acids is 1. The van der Waals surface area contributed by atoms with E-state index in [4.69, 9.17) is 9.84 Å².